The van der Waals surface area contributed by atoms with E-state index in [0.29, 0.717) is 0 Å². The topological polar surface area (TPSA) is 42.6 Å². The molecule has 0 saturated carbocycles. The summed E-state index contributed by atoms with van der Waals surface area (Å²) in [4.78, 5) is 0. The van der Waals surface area contributed by atoms with Gasteiger partial charge in [0.05, 0.1) is 13.4 Å². The molecule has 1 atom stereocenters. The van der Waals surface area contributed by atoms with E-state index in [9.17, 15) is 5.11 Å². The highest BCUT2D eigenvalue weighted by atomic mass is 16.5. The smallest absolute Gasteiger partial charge is 0.118 e. The van der Waals surface area contributed by atoms with Gasteiger partial charge in [0, 0.05) is 5.56 Å². The predicted molar refractivity (Wildman–Crippen MR) is 60.5 cm³/mol. The Morgan fingerprint density at radius 1 is 1.19 bits per heavy atom. The van der Waals surface area contributed by atoms with Crippen LogP contribution in [0.25, 0.3) is 0 Å². The maximum Gasteiger partial charge on any atom is 0.118 e. The van der Waals surface area contributed by atoms with Gasteiger partial charge in [-0.1, -0.05) is 12.1 Å². The van der Waals surface area contributed by atoms with Gasteiger partial charge in [0.2, 0.25) is 0 Å². The van der Waals surface area contributed by atoms with Crippen LogP contribution in [0.2, 0.25) is 0 Å². The molecule has 0 amide bonds. The molecule has 16 heavy (non-hydrogen) atoms. The van der Waals surface area contributed by atoms with Crippen LogP contribution in [0, 0.1) is 6.92 Å². The van der Waals surface area contributed by atoms with Crippen molar-refractivity contribution in [3.8, 4) is 5.75 Å². The second-order valence-corrected chi connectivity index (χ2v) is 3.67. The molecule has 1 aromatic heterocycles. The summed E-state index contributed by atoms with van der Waals surface area (Å²) in [6, 6.07) is 9.16. The Morgan fingerprint density at radius 3 is 2.38 bits per heavy atom. The van der Waals surface area contributed by atoms with Crippen molar-refractivity contribution in [2.45, 2.75) is 13.0 Å². The molecule has 1 heterocycles. The molecular weight excluding hydrogens is 204 g/mol. The summed E-state index contributed by atoms with van der Waals surface area (Å²) in [6.45, 7) is 1.85. The molecule has 0 aliphatic heterocycles. The van der Waals surface area contributed by atoms with Gasteiger partial charge in [-0.05, 0) is 30.7 Å². The quantitative estimate of drug-likeness (QED) is 0.861. The van der Waals surface area contributed by atoms with Gasteiger partial charge < -0.3 is 14.3 Å². The summed E-state index contributed by atoms with van der Waals surface area (Å²) in [5, 5.41) is 10.1. The Labute approximate surface area is 94.3 Å². The lowest BCUT2D eigenvalue weighted by Crippen LogP contribution is -1.97. The minimum absolute atomic E-state index is 0.650. The van der Waals surface area contributed by atoms with E-state index in [1.165, 1.54) is 0 Å². The second kappa shape index (κ2) is 4.41. The van der Waals surface area contributed by atoms with Gasteiger partial charge in [-0.25, -0.2) is 0 Å². The summed E-state index contributed by atoms with van der Waals surface area (Å²) >= 11 is 0. The molecule has 1 unspecified atom stereocenters. The van der Waals surface area contributed by atoms with Crippen molar-refractivity contribution in [3.63, 3.8) is 0 Å². The molecule has 0 fully saturated rings. The third kappa shape index (κ3) is 2.09. The normalized spacial score (nSPS) is 12.4. The van der Waals surface area contributed by atoms with Crippen LogP contribution in [0.3, 0.4) is 0 Å². The first-order chi connectivity index (χ1) is 7.70. The van der Waals surface area contributed by atoms with Crippen molar-refractivity contribution >= 4 is 0 Å². The van der Waals surface area contributed by atoms with E-state index in [-0.39, 0.29) is 0 Å². The van der Waals surface area contributed by atoms with E-state index in [4.69, 9.17) is 9.15 Å². The van der Waals surface area contributed by atoms with Crippen molar-refractivity contribution in [2.75, 3.05) is 7.11 Å². The molecule has 2 rings (SSSR count). The van der Waals surface area contributed by atoms with Crippen LogP contribution in [-0.2, 0) is 0 Å². The van der Waals surface area contributed by atoms with Crippen LogP contribution in [0.4, 0.5) is 0 Å². The number of furan rings is 1. The van der Waals surface area contributed by atoms with Gasteiger partial charge in [-0.3, -0.25) is 0 Å². The molecule has 0 aliphatic rings. The molecule has 3 heteroatoms. The highest BCUT2D eigenvalue weighted by molar-refractivity contribution is 5.33. The Bertz CT molecular complexity index is 456. The number of rotatable bonds is 3. The van der Waals surface area contributed by atoms with Crippen LogP contribution < -0.4 is 4.74 Å². The Balaban J connectivity index is 2.23. The molecule has 84 valence electrons. The molecule has 0 radical (unpaired) electrons. The first-order valence-electron chi connectivity index (χ1n) is 5.08. The molecule has 0 saturated heterocycles. The number of aliphatic hydroxyl groups is 1. The summed E-state index contributed by atoms with van der Waals surface area (Å²) < 4.78 is 10.2. The molecule has 1 N–H and O–H groups in total. The summed E-state index contributed by atoms with van der Waals surface area (Å²) in [5.74, 6) is 1.57. The SMILES string of the molecule is COc1ccc(C(O)c2coc(C)c2)cc1. The van der Waals surface area contributed by atoms with E-state index in [1.807, 2.05) is 37.3 Å². The summed E-state index contributed by atoms with van der Waals surface area (Å²) in [6.07, 6.45) is 0.924. The molecule has 1 aromatic carbocycles. The maximum absolute atomic E-state index is 10.1. The molecule has 2 aromatic rings. The van der Waals surface area contributed by atoms with Crippen molar-refractivity contribution < 1.29 is 14.3 Å². The first-order valence-corrected chi connectivity index (χ1v) is 5.08. The molecule has 0 spiro atoms. The van der Waals surface area contributed by atoms with Gasteiger partial charge in [-0.2, -0.15) is 0 Å². The average molecular weight is 218 g/mol. The van der Waals surface area contributed by atoms with E-state index >= 15 is 0 Å². The zero-order valence-electron chi connectivity index (χ0n) is 9.31. The number of aryl methyl sites for hydroxylation is 1. The van der Waals surface area contributed by atoms with Crippen LogP contribution >= 0.6 is 0 Å². The lowest BCUT2D eigenvalue weighted by Gasteiger charge is -2.09. The molecule has 0 aliphatic carbocycles. The zero-order valence-corrected chi connectivity index (χ0v) is 9.31. The number of hydrogen-bond donors (Lipinski definition) is 1. The fraction of sp³-hybridized carbons (Fsp3) is 0.231. The monoisotopic (exact) mass is 218 g/mol. The lowest BCUT2D eigenvalue weighted by molar-refractivity contribution is 0.219. The maximum atomic E-state index is 10.1. The highest BCUT2D eigenvalue weighted by Gasteiger charge is 2.12. The van der Waals surface area contributed by atoms with Crippen LogP contribution in [-0.4, -0.2) is 12.2 Å². The third-order valence-corrected chi connectivity index (χ3v) is 2.50. The largest absolute Gasteiger partial charge is 0.497 e. The third-order valence-electron chi connectivity index (χ3n) is 2.50. The number of ether oxygens (including phenoxy) is 1. The van der Waals surface area contributed by atoms with Gasteiger partial charge >= 0.3 is 0 Å². The second-order valence-electron chi connectivity index (χ2n) is 3.67. The van der Waals surface area contributed by atoms with E-state index < -0.39 is 6.10 Å². The van der Waals surface area contributed by atoms with Crippen molar-refractivity contribution in [2.24, 2.45) is 0 Å². The van der Waals surface area contributed by atoms with Crippen molar-refractivity contribution in [1.82, 2.24) is 0 Å². The number of methoxy groups -OCH3 is 1. The first kappa shape index (κ1) is 10.8. The highest BCUT2D eigenvalue weighted by Crippen LogP contribution is 2.25. The lowest BCUT2D eigenvalue weighted by atomic mass is 10.0. The minimum Gasteiger partial charge on any atom is -0.497 e. The Kier molecular flexibility index (Phi) is 2.97. The predicted octanol–water partition coefficient (Wildman–Crippen LogP) is 2.68. The van der Waals surface area contributed by atoms with Crippen LogP contribution in [0.1, 0.15) is 23.0 Å². The zero-order chi connectivity index (χ0) is 11.5. The Morgan fingerprint density at radius 2 is 1.88 bits per heavy atom. The standard InChI is InChI=1S/C13H14O3/c1-9-7-11(8-16-9)13(14)10-3-5-12(15-2)6-4-10/h3-8,13-14H,1-2H3. The minimum atomic E-state index is -0.650. The number of benzene rings is 1. The van der Waals surface area contributed by atoms with E-state index in [1.54, 1.807) is 13.4 Å². The van der Waals surface area contributed by atoms with Crippen molar-refractivity contribution in [1.29, 1.82) is 0 Å². The Hall–Kier alpha value is -1.74. The average Bonchev–Trinajstić information content (AvgIpc) is 2.75. The van der Waals surface area contributed by atoms with Gasteiger partial charge in [0.25, 0.3) is 0 Å². The van der Waals surface area contributed by atoms with Gasteiger partial charge in [-0.15, -0.1) is 0 Å². The van der Waals surface area contributed by atoms with Gasteiger partial charge in [0.1, 0.15) is 17.6 Å². The number of hydrogen-bond acceptors (Lipinski definition) is 3. The summed E-state index contributed by atoms with van der Waals surface area (Å²) in [7, 11) is 1.62. The molecule has 0 bridgehead atoms. The molecular formula is C13H14O3. The molecule has 3 nitrogen and oxygen atoms in total. The van der Waals surface area contributed by atoms with Crippen LogP contribution in [0.15, 0.2) is 41.0 Å². The van der Waals surface area contributed by atoms with Gasteiger partial charge in [0.15, 0.2) is 0 Å². The fourth-order valence-corrected chi connectivity index (χ4v) is 1.59. The van der Waals surface area contributed by atoms with Crippen LogP contribution in [0.5, 0.6) is 5.75 Å². The fourth-order valence-electron chi connectivity index (χ4n) is 1.59. The van der Waals surface area contributed by atoms with E-state index in [0.717, 1.165) is 22.6 Å². The van der Waals surface area contributed by atoms with E-state index in [2.05, 4.69) is 0 Å². The number of aliphatic hydroxyl groups excluding tert-OH is 1. The summed E-state index contributed by atoms with van der Waals surface area (Å²) in [5.41, 5.74) is 1.59. The van der Waals surface area contributed by atoms with Crippen molar-refractivity contribution in [3.05, 3.63) is 53.5 Å².